The Morgan fingerprint density at radius 3 is 2.87 bits per heavy atom. The number of carbonyl (C=O) groups excluding carboxylic acids is 1. The molecule has 3 N–H and O–H groups in total. The van der Waals surface area contributed by atoms with Crippen LogP contribution in [-0.4, -0.2) is 36.0 Å². The number of benzene rings is 1. The molecular weight excluding hydrogens is 433 g/mol. The van der Waals surface area contributed by atoms with Crippen molar-refractivity contribution in [2.45, 2.75) is 18.8 Å². The predicted octanol–water partition coefficient (Wildman–Crippen LogP) is 5.10. The molecule has 3 aromatic rings. The molecule has 0 aliphatic carbocycles. The van der Waals surface area contributed by atoms with Gasteiger partial charge in [-0.25, -0.2) is 13.2 Å². The zero-order valence-corrected chi connectivity index (χ0v) is 17.1. The number of nitrogens with zero attached hydrogens (tertiary/aromatic N) is 1. The van der Waals surface area contributed by atoms with Crippen molar-refractivity contribution in [3.63, 3.8) is 0 Å². The second-order valence-corrected chi connectivity index (χ2v) is 7.41. The number of para-hydroxylation sites is 1. The van der Waals surface area contributed by atoms with Crippen LogP contribution in [0.4, 0.5) is 24.5 Å². The minimum absolute atomic E-state index is 0.0505. The highest BCUT2D eigenvalue weighted by molar-refractivity contribution is 6.32. The Labute approximate surface area is 180 Å². The molecule has 0 saturated heterocycles. The molecule has 1 amide bonds. The fraction of sp³-hybridized carbons (Fsp3) is 0.238. The van der Waals surface area contributed by atoms with E-state index in [0.717, 1.165) is 6.20 Å². The summed E-state index contributed by atoms with van der Waals surface area (Å²) < 4.78 is 46.3. The van der Waals surface area contributed by atoms with E-state index in [4.69, 9.17) is 16.3 Å². The first-order valence-electron chi connectivity index (χ1n) is 9.42. The number of anilines is 2. The molecule has 1 aliphatic heterocycles. The largest absolute Gasteiger partial charge is 0.493 e. The number of amides is 1. The molecule has 1 aliphatic rings. The summed E-state index contributed by atoms with van der Waals surface area (Å²) in [6.07, 6.45) is -0.581. The van der Waals surface area contributed by atoms with Gasteiger partial charge >= 0.3 is 0 Å². The van der Waals surface area contributed by atoms with Crippen molar-refractivity contribution in [2.75, 3.05) is 19.0 Å². The predicted molar refractivity (Wildman–Crippen MR) is 111 cm³/mol. The molecule has 0 fully saturated rings. The number of alkyl halides is 2. The normalized spacial score (nSPS) is 15.5. The van der Waals surface area contributed by atoms with Crippen LogP contribution in [0.2, 0.25) is 5.02 Å². The van der Waals surface area contributed by atoms with Crippen molar-refractivity contribution in [3.8, 4) is 17.0 Å². The standard InChI is InChI=1S/C21H18ClF3N4O2/c1-31-20-12(22)3-2-4-14(20)28-19-16-17(10(7-15(24)25)8-27-21(16)30)29-18(19)11-5-6-26-9-13(11)23/h2-6,9-10,15,28-29H,7-8H2,1H3,(H,27,30)/t10-/m0/s1. The molecule has 4 rings (SSSR count). The molecule has 2 aromatic heterocycles. The first kappa shape index (κ1) is 21.0. The minimum atomic E-state index is -2.57. The number of fused-ring (bicyclic) bond motifs is 1. The lowest BCUT2D eigenvalue weighted by atomic mass is 9.93. The maximum atomic E-state index is 14.6. The van der Waals surface area contributed by atoms with Gasteiger partial charge in [-0.15, -0.1) is 0 Å². The van der Waals surface area contributed by atoms with Crippen molar-refractivity contribution in [1.82, 2.24) is 15.3 Å². The Kier molecular flexibility index (Phi) is 5.77. The van der Waals surface area contributed by atoms with Gasteiger partial charge in [0.05, 0.1) is 41.0 Å². The number of hydrogen-bond acceptors (Lipinski definition) is 4. The highest BCUT2D eigenvalue weighted by Gasteiger charge is 2.34. The third-order valence-electron chi connectivity index (χ3n) is 5.11. The molecule has 0 spiro atoms. The second-order valence-electron chi connectivity index (χ2n) is 7.00. The fourth-order valence-electron chi connectivity index (χ4n) is 3.74. The molecule has 31 heavy (non-hydrogen) atoms. The quantitative estimate of drug-likeness (QED) is 0.488. The Balaban J connectivity index is 1.93. The average molecular weight is 451 g/mol. The van der Waals surface area contributed by atoms with Crippen LogP contribution >= 0.6 is 11.6 Å². The number of pyridine rings is 1. The summed E-state index contributed by atoms with van der Waals surface area (Å²) in [4.78, 5) is 19.5. The highest BCUT2D eigenvalue weighted by Crippen LogP contribution is 2.43. The molecule has 0 radical (unpaired) electrons. The van der Waals surface area contributed by atoms with Crippen LogP contribution in [0.5, 0.6) is 5.75 Å². The summed E-state index contributed by atoms with van der Waals surface area (Å²) in [5.41, 5.74) is 1.50. The number of aromatic amines is 1. The molecule has 6 nitrogen and oxygen atoms in total. The zero-order chi connectivity index (χ0) is 22.1. The van der Waals surface area contributed by atoms with Gasteiger partial charge in [0.1, 0.15) is 0 Å². The van der Waals surface area contributed by atoms with E-state index in [-0.39, 0.29) is 29.1 Å². The maximum absolute atomic E-state index is 14.6. The number of carbonyl (C=O) groups is 1. The maximum Gasteiger partial charge on any atom is 0.255 e. The Morgan fingerprint density at radius 1 is 1.35 bits per heavy atom. The lowest BCUT2D eigenvalue weighted by Gasteiger charge is -2.23. The Bertz CT molecular complexity index is 1140. The van der Waals surface area contributed by atoms with Gasteiger partial charge < -0.3 is 20.4 Å². The lowest BCUT2D eigenvalue weighted by molar-refractivity contribution is 0.0914. The summed E-state index contributed by atoms with van der Waals surface area (Å²) in [7, 11) is 1.44. The number of aromatic nitrogens is 2. The van der Waals surface area contributed by atoms with Crippen molar-refractivity contribution in [3.05, 3.63) is 58.8 Å². The van der Waals surface area contributed by atoms with Crippen LogP contribution < -0.4 is 15.4 Å². The molecular formula is C21H18ClF3N4O2. The summed E-state index contributed by atoms with van der Waals surface area (Å²) in [6, 6.07) is 6.42. The monoisotopic (exact) mass is 450 g/mol. The Hall–Kier alpha value is -3.20. The van der Waals surface area contributed by atoms with Crippen LogP contribution in [-0.2, 0) is 0 Å². The van der Waals surface area contributed by atoms with E-state index in [1.165, 1.54) is 19.4 Å². The van der Waals surface area contributed by atoms with Crippen molar-refractivity contribution >= 4 is 28.9 Å². The Morgan fingerprint density at radius 2 is 2.16 bits per heavy atom. The molecule has 1 atom stereocenters. The summed E-state index contributed by atoms with van der Waals surface area (Å²) in [6.45, 7) is 0.0505. The lowest BCUT2D eigenvalue weighted by Crippen LogP contribution is -2.35. The molecule has 1 aromatic carbocycles. The summed E-state index contributed by atoms with van der Waals surface area (Å²) >= 11 is 6.20. The minimum Gasteiger partial charge on any atom is -0.493 e. The van der Waals surface area contributed by atoms with Gasteiger partial charge in [0.25, 0.3) is 5.91 Å². The van der Waals surface area contributed by atoms with E-state index in [2.05, 4.69) is 20.6 Å². The van der Waals surface area contributed by atoms with Crippen LogP contribution in [0, 0.1) is 5.82 Å². The van der Waals surface area contributed by atoms with Gasteiger partial charge in [0.15, 0.2) is 11.6 Å². The van der Waals surface area contributed by atoms with Crippen molar-refractivity contribution < 1.29 is 22.7 Å². The van der Waals surface area contributed by atoms with E-state index in [1.807, 2.05) is 0 Å². The summed E-state index contributed by atoms with van der Waals surface area (Å²) in [5, 5.41) is 6.07. The van der Waals surface area contributed by atoms with E-state index in [0.29, 0.717) is 22.2 Å². The second kappa shape index (κ2) is 8.50. The third kappa shape index (κ3) is 3.93. The highest BCUT2D eigenvalue weighted by atomic mass is 35.5. The first-order chi connectivity index (χ1) is 14.9. The van der Waals surface area contributed by atoms with Crippen molar-refractivity contribution in [2.24, 2.45) is 0 Å². The fourth-order valence-corrected chi connectivity index (χ4v) is 3.99. The topological polar surface area (TPSA) is 79.0 Å². The van der Waals surface area contributed by atoms with Crippen LogP contribution in [0.3, 0.4) is 0 Å². The molecule has 0 unspecified atom stereocenters. The average Bonchev–Trinajstić information content (AvgIpc) is 3.10. The number of ether oxygens (including phenoxy) is 1. The smallest absolute Gasteiger partial charge is 0.255 e. The van der Waals surface area contributed by atoms with E-state index in [9.17, 15) is 18.0 Å². The van der Waals surface area contributed by atoms with E-state index < -0.39 is 30.5 Å². The number of hydrogen-bond donors (Lipinski definition) is 3. The van der Waals surface area contributed by atoms with Gasteiger partial charge in [-0.1, -0.05) is 17.7 Å². The van der Waals surface area contributed by atoms with E-state index >= 15 is 0 Å². The van der Waals surface area contributed by atoms with Crippen LogP contribution in [0.25, 0.3) is 11.3 Å². The zero-order valence-electron chi connectivity index (χ0n) is 16.3. The number of nitrogens with one attached hydrogen (secondary N) is 3. The molecule has 3 heterocycles. The van der Waals surface area contributed by atoms with Gasteiger partial charge in [-0.2, -0.15) is 0 Å². The molecule has 0 saturated carbocycles. The number of methoxy groups -OCH3 is 1. The van der Waals surface area contributed by atoms with Gasteiger partial charge in [-0.3, -0.25) is 9.78 Å². The first-order valence-corrected chi connectivity index (χ1v) is 9.80. The van der Waals surface area contributed by atoms with Crippen molar-refractivity contribution in [1.29, 1.82) is 0 Å². The number of halogens is 4. The number of rotatable bonds is 6. The van der Waals surface area contributed by atoms with E-state index in [1.54, 1.807) is 18.2 Å². The summed E-state index contributed by atoms with van der Waals surface area (Å²) in [5.74, 6) is -1.43. The number of H-pyrrole nitrogens is 1. The third-order valence-corrected chi connectivity index (χ3v) is 5.41. The molecule has 162 valence electrons. The molecule has 10 heteroatoms. The molecule has 0 bridgehead atoms. The van der Waals surface area contributed by atoms with Gasteiger partial charge in [0, 0.05) is 36.3 Å². The SMILES string of the molecule is COc1c(Cl)cccc1Nc1c(-c2ccncc2F)[nH]c2c1C(=O)NC[C@@H]2CC(F)F. The van der Waals surface area contributed by atoms with Gasteiger partial charge in [0.2, 0.25) is 6.43 Å². The van der Waals surface area contributed by atoms with Crippen LogP contribution in [0.1, 0.15) is 28.4 Å². The van der Waals surface area contributed by atoms with Gasteiger partial charge in [-0.05, 0) is 18.2 Å². The van der Waals surface area contributed by atoms with Crippen LogP contribution in [0.15, 0.2) is 36.7 Å².